The first kappa shape index (κ1) is 9.82. The number of aliphatic hydroxyl groups is 2. The van der Waals surface area contributed by atoms with Gasteiger partial charge in [-0.25, -0.2) is 4.39 Å². The number of rotatable bonds is 3. The van der Waals surface area contributed by atoms with Crippen LogP contribution >= 0.6 is 0 Å². The van der Waals surface area contributed by atoms with E-state index in [9.17, 15) is 4.39 Å². The zero-order valence-corrected chi connectivity index (χ0v) is 6.61. The highest BCUT2D eigenvalue weighted by atomic mass is 19.1. The van der Waals surface area contributed by atoms with E-state index in [0.29, 0.717) is 0 Å². The summed E-state index contributed by atoms with van der Waals surface area (Å²) in [6.45, 7) is -0.413. The molecule has 1 saturated heterocycles. The topological polar surface area (TPSA) is 71.0 Å². The second-order valence-electron chi connectivity index (χ2n) is 2.53. The largest absolute Gasteiger partial charge is 0.394 e. The zero-order chi connectivity index (χ0) is 9.14. The molecule has 1 aliphatic rings. The van der Waals surface area contributed by atoms with Crippen LogP contribution in [0.15, 0.2) is 0 Å². The fraction of sp³-hybridized carbons (Fsp3) is 1.00. The summed E-state index contributed by atoms with van der Waals surface area (Å²) in [7, 11) is 1.31. The van der Waals surface area contributed by atoms with Gasteiger partial charge in [-0.3, -0.25) is 0 Å². The third-order valence-corrected chi connectivity index (χ3v) is 1.73. The monoisotopic (exact) mass is 181 g/mol. The molecule has 1 unspecified atom stereocenters. The minimum Gasteiger partial charge on any atom is -0.394 e. The van der Waals surface area contributed by atoms with E-state index in [1.165, 1.54) is 7.11 Å². The molecule has 5 nitrogen and oxygen atoms in total. The predicted octanol–water partition coefficient (Wildman–Crippen LogP) is -1.45. The minimum absolute atomic E-state index is 0.413. The number of hydroxylamine groups is 1. The van der Waals surface area contributed by atoms with Crippen LogP contribution in [0.2, 0.25) is 0 Å². The van der Waals surface area contributed by atoms with Gasteiger partial charge in [0.15, 0.2) is 12.4 Å². The van der Waals surface area contributed by atoms with Gasteiger partial charge in [0, 0.05) is 0 Å². The number of ether oxygens (including phenoxy) is 1. The molecule has 0 aromatic carbocycles. The Morgan fingerprint density at radius 3 is 2.75 bits per heavy atom. The van der Waals surface area contributed by atoms with Crippen molar-refractivity contribution in [1.29, 1.82) is 0 Å². The Hall–Kier alpha value is -0.270. The van der Waals surface area contributed by atoms with Crippen LogP contribution in [0.25, 0.3) is 0 Å². The van der Waals surface area contributed by atoms with Gasteiger partial charge in [-0.05, 0) is 0 Å². The van der Waals surface area contributed by atoms with E-state index in [2.05, 4.69) is 10.3 Å². The lowest BCUT2D eigenvalue weighted by molar-refractivity contribution is -0.0931. The lowest BCUT2D eigenvalue weighted by atomic mass is 10.1. The summed E-state index contributed by atoms with van der Waals surface area (Å²) < 4.78 is 17.8. The van der Waals surface area contributed by atoms with E-state index >= 15 is 0 Å². The summed E-state index contributed by atoms with van der Waals surface area (Å²) >= 11 is 0. The average Bonchev–Trinajstić information content (AvgIpc) is 2.33. The van der Waals surface area contributed by atoms with E-state index < -0.39 is 31.2 Å². The average molecular weight is 181 g/mol. The molecule has 1 heterocycles. The Kier molecular flexibility index (Phi) is 3.36. The van der Waals surface area contributed by atoms with Crippen molar-refractivity contribution in [2.45, 2.75) is 24.6 Å². The molecule has 1 fully saturated rings. The van der Waals surface area contributed by atoms with Crippen LogP contribution in [-0.2, 0) is 9.57 Å². The Bertz CT molecular complexity index is 148. The molecule has 0 aromatic rings. The maximum Gasteiger partial charge on any atom is 0.170 e. The van der Waals surface area contributed by atoms with Crippen molar-refractivity contribution in [2.75, 3.05) is 13.7 Å². The second kappa shape index (κ2) is 4.11. The molecule has 6 heteroatoms. The molecule has 0 spiro atoms. The molecular weight excluding hydrogens is 169 g/mol. The lowest BCUT2D eigenvalue weighted by Crippen LogP contribution is -2.37. The van der Waals surface area contributed by atoms with E-state index in [4.69, 9.17) is 14.9 Å². The number of hydrogen-bond acceptors (Lipinski definition) is 5. The highest BCUT2D eigenvalue weighted by Crippen LogP contribution is 2.21. The summed E-state index contributed by atoms with van der Waals surface area (Å²) in [5.41, 5.74) is 2.22. The summed E-state index contributed by atoms with van der Waals surface area (Å²) in [4.78, 5) is 4.43. The van der Waals surface area contributed by atoms with Crippen molar-refractivity contribution in [3.63, 3.8) is 0 Å². The number of halogens is 1. The first-order chi connectivity index (χ1) is 5.70. The molecule has 0 aliphatic carbocycles. The molecule has 0 amide bonds. The predicted molar refractivity (Wildman–Crippen MR) is 36.8 cm³/mol. The Balaban J connectivity index is 2.48. The summed E-state index contributed by atoms with van der Waals surface area (Å²) in [6.07, 6.45) is -4.78. The van der Waals surface area contributed by atoms with Crippen LogP contribution in [0.3, 0.4) is 0 Å². The molecule has 0 aromatic heterocycles. The van der Waals surface area contributed by atoms with Crippen LogP contribution in [-0.4, -0.2) is 48.5 Å². The molecule has 1 rings (SSSR count). The van der Waals surface area contributed by atoms with Crippen LogP contribution < -0.4 is 5.48 Å². The minimum atomic E-state index is -1.58. The van der Waals surface area contributed by atoms with Gasteiger partial charge in [0.25, 0.3) is 0 Å². The summed E-state index contributed by atoms with van der Waals surface area (Å²) in [6, 6.07) is 0. The molecule has 0 bridgehead atoms. The maximum absolute atomic E-state index is 13.0. The standard InChI is InChI=1S/C6H12FNO4/c1-11-8-6-4(7)5(10)3(2-9)12-6/h3-6,8-10H,2H2,1H3/t3-,4+,5-,6?/m1/s1. The number of aliphatic hydroxyl groups excluding tert-OH is 2. The number of alkyl halides is 1. The quantitative estimate of drug-likeness (QED) is 0.465. The zero-order valence-electron chi connectivity index (χ0n) is 6.61. The van der Waals surface area contributed by atoms with Crippen LogP contribution in [0.1, 0.15) is 0 Å². The molecular formula is C6H12FNO4. The van der Waals surface area contributed by atoms with Crippen molar-refractivity contribution in [3.8, 4) is 0 Å². The molecule has 1 aliphatic heterocycles. The van der Waals surface area contributed by atoms with Crippen molar-refractivity contribution in [1.82, 2.24) is 5.48 Å². The van der Waals surface area contributed by atoms with E-state index in [0.717, 1.165) is 0 Å². The van der Waals surface area contributed by atoms with Crippen LogP contribution in [0.5, 0.6) is 0 Å². The van der Waals surface area contributed by atoms with Crippen LogP contribution in [0, 0.1) is 0 Å². The first-order valence-corrected chi connectivity index (χ1v) is 3.57. The van der Waals surface area contributed by atoms with E-state index in [-0.39, 0.29) is 0 Å². The van der Waals surface area contributed by atoms with Gasteiger partial charge < -0.3 is 19.8 Å². The number of nitrogens with one attached hydrogen (secondary N) is 1. The van der Waals surface area contributed by atoms with Crippen molar-refractivity contribution >= 4 is 0 Å². The van der Waals surface area contributed by atoms with E-state index in [1.807, 2.05) is 0 Å². The van der Waals surface area contributed by atoms with E-state index in [1.54, 1.807) is 0 Å². The van der Waals surface area contributed by atoms with Gasteiger partial charge in [0.05, 0.1) is 13.7 Å². The fourth-order valence-corrected chi connectivity index (χ4v) is 1.09. The molecule has 3 N–H and O–H groups in total. The summed E-state index contributed by atoms with van der Waals surface area (Å²) in [5.74, 6) is 0. The first-order valence-electron chi connectivity index (χ1n) is 3.57. The normalized spacial score (nSPS) is 42.0. The van der Waals surface area contributed by atoms with Crippen molar-refractivity contribution in [2.24, 2.45) is 0 Å². The SMILES string of the molecule is CONC1O[C@H](CO)[C@@H](O)[C@@H]1F. The molecule has 12 heavy (non-hydrogen) atoms. The van der Waals surface area contributed by atoms with Gasteiger partial charge in [0.2, 0.25) is 0 Å². The molecule has 4 atom stereocenters. The van der Waals surface area contributed by atoms with Gasteiger partial charge >= 0.3 is 0 Å². The number of hydrogen-bond donors (Lipinski definition) is 3. The molecule has 0 radical (unpaired) electrons. The highest BCUT2D eigenvalue weighted by molar-refractivity contribution is 4.88. The van der Waals surface area contributed by atoms with Gasteiger partial charge in [-0.15, -0.1) is 0 Å². The Morgan fingerprint density at radius 2 is 2.33 bits per heavy atom. The Morgan fingerprint density at radius 1 is 1.67 bits per heavy atom. The molecule has 72 valence electrons. The van der Waals surface area contributed by atoms with Crippen LogP contribution in [0.4, 0.5) is 4.39 Å². The second-order valence-corrected chi connectivity index (χ2v) is 2.53. The fourth-order valence-electron chi connectivity index (χ4n) is 1.09. The Labute approximate surface area is 69.0 Å². The summed E-state index contributed by atoms with van der Waals surface area (Å²) in [5, 5.41) is 17.7. The third-order valence-electron chi connectivity index (χ3n) is 1.73. The van der Waals surface area contributed by atoms with Gasteiger partial charge in [-0.2, -0.15) is 5.48 Å². The van der Waals surface area contributed by atoms with Crippen molar-refractivity contribution < 1.29 is 24.2 Å². The smallest absolute Gasteiger partial charge is 0.170 e. The highest BCUT2D eigenvalue weighted by Gasteiger charge is 2.43. The van der Waals surface area contributed by atoms with Gasteiger partial charge in [0.1, 0.15) is 12.2 Å². The maximum atomic E-state index is 13.0. The lowest BCUT2D eigenvalue weighted by Gasteiger charge is -2.11. The van der Waals surface area contributed by atoms with Crippen molar-refractivity contribution in [3.05, 3.63) is 0 Å². The molecule has 0 saturated carbocycles. The third kappa shape index (κ3) is 1.73. The van der Waals surface area contributed by atoms with Gasteiger partial charge in [-0.1, -0.05) is 0 Å².